The summed E-state index contributed by atoms with van der Waals surface area (Å²) >= 11 is 0. The van der Waals surface area contributed by atoms with Crippen LogP contribution >= 0.6 is 0 Å². The van der Waals surface area contributed by atoms with Crippen LogP contribution in [-0.4, -0.2) is 59.3 Å². The molecule has 0 bridgehead atoms. The predicted molar refractivity (Wildman–Crippen MR) is 131 cm³/mol. The number of nitrogens with zero attached hydrogens (tertiary/aromatic N) is 4. The lowest BCUT2D eigenvalue weighted by molar-refractivity contribution is -0.839. The van der Waals surface area contributed by atoms with Gasteiger partial charge < -0.3 is 19.5 Å². The second kappa shape index (κ2) is 11.2. The SMILES string of the molecule is CCC(c1ncc(OC)c(=O)n1Cc1ccccc1)N(CC[N+](C)(C)[O-])C(=O)c1ccc(F)cc1. The van der Waals surface area contributed by atoms with E-state index < -0.39 is 16.5 Å². The molecule has 0 aliphatic carbocycles. The number of carbonyl (C=O) groups excluding carboxylic acids is 1. The molecule has 0 fully saturated rings. The number of methoxy groups -OCH3 is 1. The van der Waals surface area contributed by atoms with E-state index in [1.807, 2.05) is 37.3 Å². The highest BCUT2D eigenvalue weighted by molar-refractivity contribution is 5.94. The van der Waals surface area contributed by atoms with E-state index in [-0.39, 0.29) is 42.4 Å². The molecule has 1 amide bonds. The molecule has 1 heterocycles. The maximum Gasteiger partial charge on any atom is 0.296 e. The first kappa shape index (κ1) is 26.1. The van der Waals surface area contributed by atoms with Crippen molar-refractivity contribution in [3.05, 3.63) is 99.1 Å². The average Bonchev–Trinajstić information content (AvgIpc) is 2.83. The fraction of sp³-hybridized carbons (Fsp3) is 0.346. The summed E-state index contributed by atoms with van der Waals surface area (Å²) in [4.78, 5) is 32.9. The lowest BCUT2D eigenvalue weighted by Gasteiger charge is -2.38. The van der Waals surface area contributed by atoms with Crippen LogP contribution in [0.2, 0.25) is 0 Å². The zero-order valence-corrected chi connectivity index (χ0v) is 20.5. The Morgan fingerprint density at radius 1 is 1.17 bits per heavy atom. The van der Waals surface area contributed by atoms with Crippen LogP contribution in [0.1, 0.15) is 41.1 Å². The Bertz CT molecular complexity index is 1190. The van der Waals surface area contributed by atoms with E-state index in [1.165, 1.54) is 56.2 Å². The van der Waals surface area contributed by atoms with Crippen molar-refractivity contribution in [3.8, 4) is 5.75 Å². The zero-order valence-electron chi connectivity index (χ0n) is 20.5. The van der Waals surface area contributed by atoms with Gasteiger partial charge in [-0.15, -0.1) is 0 Å². The van der Waals surface area contributed by atoms with Crippen LogP contribution in [0.25, 0.3) is 0 Å². The fourth-order valence-electron chi connectivity index (χ4n) is 3.86. The minimum absolute atomic E-state index is 0.0910. The number of hydrogen-bond donors (Lipinski definition) is 0. The minimum atomic E-state index is -0.610. The molecule has 35 heavy (non-hydrogen) atoms. The van der Waals surface area contributed by atoms with Gasteiger partial charge in [-0.2, -0.15) is 0 Å². The Labute approximate surface area is 204 Å². The summed E-state index contributed by atoms with van der Waals surface area (Å²) in [5.74, 6) is -0.352. The van der Waals surface area contributed by atoms with Gasteiger partial charge in [-0.05, 0) is 36.2 Å². The number of amides is 1. The lowest BCUT2D eigenvalue weighted by atomic mass is 10.1. The monoisotopic (exact) mass is 482 g/mol. The zero-order chi connectivity index (χ0) is 25.6. The van der Waals surface area contributed by atoms with E-state index >= 15 is 0 Å². The van der Waals surface area contributed by atoms with Gasteiger partial charge in [0.05, 0.1) is 53.1 Å². The summed E-state index contributed by atoms with van der Waals surface area (Å²) in [6.45, 7) is 2.37. The van der Waals surface area contributed by atoms with E-state index in [4.69, 9.17) is 4.74 Å². The molecule has 1 aromatic heterocycles. The van der Waals surface area contributed by atoms with Crippen molar-refractivity contribution in [1.82, 2.24) is 14.5 Å². The van der Waals surface area contributed by atoms with Crippen LogP contribution in [0, 0.1) is 11.0 Å². The van der Waals surface area contributed by atoms with Crippen LogP contribution in [0.4, 0.5) is 4.39 Å². The Kier molecular flexibility index (Phi) is 8.37. The van der Waals surface area contributed by atoms with Gasteiger partial charge >= 0.3 is 0 Å². The molecular formula is C26H31FN4O4. The van der Waals surface area contributed by atoms with Crippen molar-refractivity contribution in [1.29, 1.82) is 0 Å². The Hall–Kier alpha value is -3.56. The Balaban J connectivity index is 2.11. The maximum atomic E-state index is 13.6. The van der Waals surface area contributed by atoms with E-state index in [1.54, 1.807) is 4.90 Å². The van der Waals surface area contributed by atoms with Crippen LogP contribution < -0.4 is 10.3 Å². The predicted octanol–water partition coefficient (Wildman–Crippen LogP) is 3.61. The molecule has 8 nitrogen and oxygen atoms in total. The molecule has 3 aromatic rings. The third-order valence-corrected chi connectivity index (χ3v) is 5.74. The quantitative estimate of drug-likeness (QED) is 0.325. The second-order valence-corrected chi connectivity index (χ2v) is 8.79. The number of carbonyl (C=O) groups is 1. The van der Waals surface area contributed by atoms with Crippen LogP contribution in [0.15, 0.2) is 65.6 Å². The fourth-order valence-corrected chi connectivity index (χ4v) is 3.86. The number of likely N-dealkylation sites (N-methyl/N-ethyl adjacent to an activating group) is 1. The van der Waals surface area contributed by atoms with E-state index in [9.17, 15) is 19.2 Å². The van der Waals surface area contributed by atoms with Crippen LogP contribution in [-0.2, 0) is 6.54 Å². The average molecular weight is 483 g/mol. The maximum absolute atomic E-state index is 13.6. The standard InChI is InChI=1S/C26H31FN4O4/c1-5-22(29(15-16-31(2,3)34)25(32)20-11-13-21(27)14-12-20)24-28-17-23(35-4)26(33)30(24)18-19-9-7-6-8-10-19/h6-14,17,22H,5,15-16,18H2,1-4H3. The van der Waals surface area contributed by atoms with Gasteiger partial charge in [0.25, 0.3) is 11.5 Å². The van der Waals surface area contributed by atoms with Crippen molar-refractivity contribution in [2.45, 2.75) is 25.9 Å². The van der Waals surface area contributed by atoms with Gasteiger partial charge in [-0.1, -0.05) is 37.3 Å². The molecule has 0 saturated carbocycles. The van der Waals surface area contributed by atoms with Crippen LogP contribution in [0.3, 0.4) is 0 Å². The third kappa shape index (κ3) is 6.52. The summed E-state index contributed by atoms with van der Waals surface area (Å²) in [5.41, 5.74) is 0.801. The first-order valence-corrected chi connectivity index (χ1v) is 11.4. The van der Waals surface area contributed by atoms with Gasteiger partial charge in [0.15, 0.2) is 0 Å². The molecule has 1 atom stereocenters. The number of halogens is 1. The molecule has 0 aliphatic rings. The van der Waals surface area contributed by atoms with Crippen LogP contribution in [0.5, 0.6) is 5.75 Å². The molecular weight excluding hydrogens is 451 g/mol. The second-order valence-electron chi connectivity index (χ2n) is 8.79. The lowest BCUT2D eigenvalue weighted by Crippen LogP contribution is -2.45. The highest BCUT2D eigenvalue weighted by Gasteiger charge is 2.30. The first-order valence-electron chi connectivity index (χ1n) is 11.4. The van der Waals surface area contributed by atoms with Gasteiger partial charge in [0.1, 0.15) is 11.6 Å². The molecule has 3 rings (SSSR count). The van der Waals surface area contributed by atoms with Crippen molar-refractivity contribution < 1.29 is 18.6 Å². The topological polar surface area (TPSA) is 87.5 Å². The molecule has 0 radical (unpaired) electrons. The number of hydroxylamine groups is 3. The van der Waals surface area contributed by atoms with Gasteiger partial charge in [-0.3, -0.25) is 14.2 Å². The van der Waals surface area contributed by atoms with Gasteiger partial charge in [0.2, 0.25) is 5.75 Å². The summed E-state index contributed by atoms with van der Waals surface area (Å²) in [6, 6.07) is 14.1. The number of quaternary nitrogens is 1. The van der Waals surface area contributed by atoms with Crippen molar-refractivity contribution in [2.75, 3.05) is 34.3 Å². The molecule has 2 aromatic carbocycles. The smallest absolute Gasteiger partial charge is 0.296 e. The Morgan fingerprint density at radius 3 is 2.40 bits per heavy atom. The number of aromatic nitrogens is 2. The Morgan fingerprint density at radius 2 is 1.83 bits per heavy atom. The van der Waals surface area contributed by atoms with E-state index in [2.05, 4.69) is 4.98 Å². The molecule has 0 spiro atoms. The molecule has 186 valence electrons. The van der Waals surface area contributed by atoms with Gasteiger partial charge in [0, 0.05) is 5.56 Å². The highest BCUT2D eigenvalue weighted by Crippen LogP contribution is 2.26. The minimum Gasteiger partial charge on any atom is -0.633 e. The van der Waals surface area contributed by atoms with E-state index in [0.29, 0.717) is 12.2 Å². The molecule has 0 saturated heterocycles. The van der Waals surface area contributed by atoms with Gasteiger partial charge in [-0.25, -0.2) is 9.37 Å². The molecule has 0 N–H and O–H groups in total. The first-order chi connectivity index (χ1) is 16.6. The normalized spacial score (nSPS) is 12.3. The third-order valence-electron chi connectivity index (χ3n) is 5.74. The molecule has 1 unspecified atom stereocenters. The number of hydrogen-bond acceptors (Lipinski definition) is 5. The van der Waals surface area contributed by atoms with Crippen molar-refractivity contribution in [2.24, 2.45) is 0 Å². The largest absolute Gasteiger partial charge is 0.633 e. The summed E-state index contributed by atoms with van der Waals surface area (Å²) in [5, 5.41) is 12.4. The summed E-state index contributed by atoms with van der Waals surface area (Å²) in [6.07, 6.45) is 1.79. The summed E-state index contributed by atoms with van der Waals surface area (Å²) < 4.78 is 19.6. The number of rotatable bonds is 10. The van der Waals surface area contributed by atoms with Crippen molar-refractivity contribution in [3.63, 3.8) is 0 Å². The molecule has 9 heteroatoms. The number of benzene rings is 2. The number of ether oxygens (including phenoxy) is 1. The highest BCUT2D eigenvalue weighted by atomic mass is 19.1. The molecule has 0 aliphatic heterocycles. The van der Waals surface area contributed by atoms with E-state index in [0.717, 1.165) is 5.56 Å². The summed E-state index contributed by atoms with van der Waals surface area (Å²) in [7, 11) is 4.40. The van der Waals surface area contributed by atoms with Crippen molar-refractivity contribution >= 4 is 5.91 Å².